The van der Waals surface area contributed by atoms with E-state index in [1.165, 1.54) is 32.1 Å². The van der Waals surface area contributed by atoms with Gasteiger partial charge in [0.2, 0.25) is 0 Å². The predicted molar refractivity (Wildman–Crippen MR) is 58.4 cm³/mol. The monoisotopic (exact) mass is 221 g/mol. The summed E-state index contributed by atoms with van der Waals surface area (Å²) in [5, 5.41) is 18.4. The molecule has 0 atom stereocenters. The zero-order chi connectivity index (χ0) is 11.2. The van der Waals surface area contributed by atoms with E-state index in [0.717, 1.165) is 11.8 Å². The van der Waals surface area contributed by atoms with Crippen LogP contribution in [-0.4, -0.2) is 23.9 Å². The third kappa shape index (κ3) is 1.33. The van der Waals surface area contributed by atoms with Gasteiger partial charge in [0, 0.05) is 11.8 Å². The summed E-state index contributed by atoms with van der Waals surface area (Å²) >= 11 is 0. The van der Waals surface area contributed by atoms with E-state index in [1.807, 2.05) is 0 Å². The lowest BCUT2D eigenvalue weighted by Gasteiger charge is -2.57. The first-order chi connectivity index (χ1) is 7.78. The maximum atomic E-state index is 9.52. The van der Waals surface area contributed by atoms with Gasteiger partial charge in [-0.1, -0.05) is 0 Å². The number of ether oxygens (including phenoxy) is 1. The molecule has 0 unspecified atom stereocenters. The Morgan fingerprint density at radius 2 is 1.69 bits per heavy atom. The van der Waals surface area contributed by atoms with Crippen LogP contribution < -0.4 is 0 Å². The Morgan fingerprint density at radius 1 is 1.12 bits per heavy atom. The van der Waals surface area contributed by atoms with Crippen LogP contribution in [0, 0.1) is 35.0 Å². The van der Waals surface area contributed by atoms with E-state index in [-0.39, 0.29) is 6.61 Å². The molecule has 4 saturated carbocycles. The van der Waals surface area contributed by atoms with Crippen molar-refractivity contribution in [3.05, 3.63) is 0 Å². The molecule has 0 saturated heterocycles. The molecule has 4 fully saturated rings. The fraction of sp³-hybridized carbons (Fsp3) is 0.923. The Labute approximate surface area is 96.4 Å². The summed E-state index contributed by atoms with van der Waals surface area (Å²) in [5.74, 6) is 2.56. The third-order valence-corrected chi connectivity index (χ3v) is 4.96. The van der Waals surface area contributed by atoms with E-state index in [1.54, 1.807) is 0 Å². The Bertz CT molecular complexity index is 292. The largest absolute Gasteiger partial charge is 0.394 e. The molecule has 1 N–H and O–H groups in total. The molecule has 3 nitrogen and oxygen atoms in total. The minimum Gasteiger partial charge on any atom is -0.394 e. The minimum absolute atomic E-state index is 0.0235. The van der Waals surface area contributed by atoms with Gasteiger partial charge in [-0.3, -0.25) is 0 Å². The Kier molecular flexibility index (Phi) is 2.45. The van der Waals surface area contributed by atoms with Gasteiger partial charge in [0.25, 0.3) is 0 Å². The van der Waals surface area contributed by atoms with Crippen molar-refractivity contribution in [3.63, 3.8) is 0 Å². The summed E-state index contributed by atoms with van der Waals surface area (Å²) in [6, 6.07) is 2.46. The van der Waals surface area contributed by atoms with Crippen molar-refractivity contribution in [1.29, 1.82) is 5.26 Å². The van der Waals surface area contributed by atoms with Crippen LogP contribution in [0.1, 0.15) is 32.1 Å². The summed E-state index contributed by atoms with van der Waals surface area (Å²) in [4.78, 5) is 0. The maximum Gasteiger partial charge on any atom is 0.159 e. The highest BCUT2D eigenvalue weighted by molar-refractivity contribution is 5.18. The highest BCUT2D eigenvalue weighted by Crippen LogP contribution is 2.59. The van der Waals surface area contributed by atoms with Crippen LogP contribution in [0.5, 0.6) is 0 Å². The Hall–Kier alpha value is -0.590. The number of aliphatic hydroxyl groups excluding tert-OH is 1. The fourth-order valence-corrected chi connectivity index (χ4v) is 4.55. The summed E-state index contributed by atoms with van der Waals surface area (Å²) in [7, 11) is 0. The van der Waals surface area contributed by atoms with Gasteiger partial charge in [-0.05, 0) is 43.9 Å². The van der Waals surface area contributed by atoms with Crippen molar-refractivity contribution in [1.82, 2.24) is 0 Å². The summed E-state index contributed by atoms with van der Waals surface area (Å²) in [6.45, 7) is 0.339. The molecule has 0 amide bonds. The van der Waals surface area contributed by atoms with Gasteiger partial charge in [0.05, 0.1) is 19.3 Å². The van der Waals surface area contributed by atoms with Gasteiger partial charge in [-0.2, -0.15) is 5.26 Å². The van der Waals surface area contributed by atoms with E-state index in [0.29, 0.717) is 18.4 Å². The normalized spacial score (nSPS) is 49.2. The topological polar surface area (TPSA) is 53.2 Å². The van der Waals surface area contributed by atoms with Gasteiger partial charge in [0.1, 0.15) is 0 Å². The van der Waals surface area contributed by atoms with E-state index < -0.39 is 5.60 Å². The molecule has 0 aliphatic heterocycles. The van der Waals surface area contributed by atoms with Crippen LogP contribution in [-0.2, 0) is 4.74 Å². The third-order valence-electron chi connectivity index (χ3n) is 4.96. The molecule has 0 aromatic carbocycles. The Balaban J connectivity index is 1.86. The highest BCUT2D eigenvalue weighted by atomic mass is 16.5. The fourth-order valence-electron chi connectivity index (χ4n) is 4.55. The number of aliphatic hydroxyl groups is 1. The lowest BCUT2D eigenvalue weighted by atomic mass is 9.50. The van der Waals surface area contributed by atoms with Gasteiger partial charge >= 0.3 is 0 Å². The highest BCUT2D eigenvalue weighted by Gasteiger charge is 2.58. The molecule has 0 heterocycles. The van der Waals surface area contributed by atoms with Gasteiger partial charge in [-0.15, -0.1) is 0 Å². The predicted octanol–water partition coefficient (Wildman–Crippen LogP) is 1.71. The lowest BCUT2D eigenvalue weighted by Crippen LogP contribution is -2.58. The average Bonchev–Trinajstić information content (AvgIpc) is 2.28. The molecule has 4 bridgehead atoms. The SMILES string of the molecule is N#CC1(OCCO)C2CC3CC(C2)CC1C3. The van der Waals surface area contributed by atoms with Crippen molar-refractivity contribution in [2.45, 2.75) is 37.7 Å². The Morgan fingerprint density at radius 3 is 2.12 bits per heavy atom. The second-order valence-corrected chi connectivity index (χ2v) is 5.78. The van der Waals surface area contributed by atoms with E-state index in [2.05, 4.69) is 6.07 Å². The maximum absolute atomic E-state index is 9.52. The molecule has 0 spiro atoms. The van der Waals surface area contributed by atoms with Crippen molar-refractivity contribution in [3.8, 4) is 6.07 Å². The average molecular weight is 221 g/mol. The van der Waals surface area contributed by atoms with E-state index >= 15 is 0 Å². The second kappa shape index (κ2) is 3.72. The summed E-state index contributed by atoms with van der Waals surface area (Å²) in [5.41, 5.74) is -0.559. The zero-order valence-corrected chi connectivity index (χ0v) is 9.56. The lowest BCUT2D eigenvalue weighted by molar-refractivity contribution is -0.175. The van der Waals surface area contributed by atoms with Gasteiger partial charge < -0.3 is 9.84 Å². The van der Waals surface area contributed by atoms with Gasteiger partial charge in [0.15, 0.2) is 5.60 Å². The quantitative estimate of drug-likeness (QED) is 0.789. The molecule has 4 aliphatic rings. The smallest absolute Gasteiger partial charge is 0.159 e. The molecule has 4 rings (SSSR count). The molecular formula is C13H19NO2. The zero-order valence-electron chi connectivity index (χ0n) is 9.56. The number of rotatable bonds is 3. The number of nitriles is 1. The van der Waals surface area contributed by atoms with E-state index in [4.69, 9.17) is 9.84 Å². The molecule has 0 aromatic rings. The number of hydrogen-bond acceptors (Lipinski definition) is 3. The molecule has 0 radical (unpaired) electrons. The molecule has 4 aliphatic carbocycles. The van der Waals surface area contributed by atoms with Crippen LogP contribution in [0.4, 0.5) is 0 Å². The molecule has 3 heteroatoms. The van der Waals surface area contributed by atoms with Crippen LogP contribution in [0.2, 0.25) is 0 Å². The second-order valence-electron chi connectivity index (χ2n) is 5.78. The van der Waals surface area contributed by atoms with Crippen molar-refractivity contribution in [2.24, 2.45) is 23.7 Å². The van der Waals surface area contributed by atoms with Crippen LogP contribution >= 0.6 is 0 Å². The summed E-state index contributed by atoms with van der Waals surface area (Å²) < 4.78 is 5.79. The number of hydrogen-bond donors (Lipinski definition) is 1. The van der Waals surface area contributed by atoms with Crippen molar-refractivity contribution >= 4 is 0 Å². The molecule has 88 valence electrons. The first kappa shape index (κ1) is 10.6. The van der Waals surface area contributed by atoms with Crippen LogP contribution in [0.25, 0.3) is 0 Å². The van der Waals surface area contributed by atoms with Crippen molar-refractivity contribution < 1.29 is 9.84 Å². The first-order valence-electron chi connectivity index (χ1n) is 6.44. The number of nitrogens with zero attached hydrogens (tertiary/aromatic N) is 1. The molecule has 0 aromatic heterocycles. The molecule has 16 heavy (non-hydrogen) atoms. The molecular weight excluding hydrogens is 202 g/mol. The van der Waals surface area contributed by atoms with Crippen LogP contribution in [0.15, 0.2) is 0 Å². The van der Waals surface area contributed by atoms with E-state index in [9.17, 15) is 5.26 Å². The van der Waals surface area contributed by atoms with Gasteiger partial charge in [-0.25, -0.2) is 0 Å². The van der Waals surface area contributed by atoms with Crippen LogP contribution in [0.3, 0.4) is 0 Å². The minimum atomic E-state index is -0.559. The van der Waals surface area contributed by atoms with Crippen molar-refractivity contribution in [2.75, 3.05) is 13.2 Å². The first-order valence-corrected chi connectivity index (χ1v) is 6.44. The summed E-state index contributed by atoms with van der Waals surface area (Å²) in [6.07, 6.45) is 6.07. The standard InChI is InChI=1S/C13H19NO2/c14-8-13(16-2-1-15)11-4-9-3-10(6-11)7-12(13)5-9/h9-12,15H,1-7H2.